The van der Waals surface area contributed by atoms with Gasteiger partial charge in [-0.15, -0.1) is 0 Å². The van der Waals surface area contributed by atoms with Crippen LogP contribution < -0.4 is 0 Å². The molecule has 1 aromatic rings. The number of hydrogen-bond acceptors (Lipinski definition) is 3. The Morgan fingerprint density at radius 2 is 2.00 bits per heavy atom. The van der Waals surface area contributed by atoms with E-state index >= 15 is 0 Å². The standard InChI is InChI=1S/C15H23ClN2O2S/c1-15(2,3)12-5-4-9-18(10-7-12)21(19,20)13-6-8-17-14(16)11-13/h6,8,11-12H,4-5,7,9-10H2,1-3H3. The molecule has 1 aliphatic rings. The summed E-state index contributed by atoms with van der Waals surface area (Å²) in [5, 5.41) is 0.207. The number of rotatable bonds is 2. The van der Waals surface area contributed by atoms with Crippen LogP contribution in [0.4, 0.5) is 0 Å². The molecule has 0 radical (unpaired) electrons. The molecule has 1 atom stereocenters. The summed E-state index contributed by atoms with van der Waals surface area (Å²) in [6.45, 7) is 7.83. The van der Waals surface area contributed by atoms with E-state index in [0.29, 0.717) is 19.0 Å². The highest BCUT2D eigenvalue weighted by molar-refractivity contribution is 7.89. The van der Waals surface area contributed by atoms with Crippen LogP contribution in [0.25, 0.3) is 0 Å². The predicted molar refractivity (Wildman–Crippen MR) is 84.8 cm³/mol. The monoisotopic (exact) mass is 330 g/mol. The summed E-state index contributed by atoms with van der Waals surface area (Å²) in [6.07, 6.45) is 4.32. The highest BCUT2D eigenvalue weighted by Gasteiger charge is 2.31. The third-order valence-corrected chi connectivity index (χ3v) is 6.35. The summed E-state index contributed by atoms with van der Waals surface area (Å²) >= 11 is 5.81. The molecule has 118 valence electrons. The van der Waals surface area contributed by atoms with E-state index in [1.807, 2.05) is 0 Å². The number of pyridine rings is 1. The fraction of sp³-hybridized carbons (Fsp3) is 0.667. The summed E-state index contributed by atoms with van der Waals surface area (Å²) in [5.74, 6) is 0.554. The lowest BCUT2D eigenvalue weighted by molar-refractivity contribution is 0.217. The second kappa shape index (κ2) is 6.23. The Labute approximate surface area is 132 Å². The highest BCUT2D eigenvalue weighted by Crippen LogP contribution is 2.35. The summed E-state index contributed by atoms with van der Waals surface area (Å²) in [6, 6.07) is 2.93. The van der Waals surface area contributed by atoms with Gasteiger partial charge in [0.25, 0.3) is 0 Å². The minimum absolute atomic E-state index is 0.207. The van der Waals surface area contributed by atoms with Crippen molar-refractivity contribution in [1.82, 2.24) is 9.29 Å². The number of hydrogen-bond donors (Lipinski definition) is 0. The third-order valence-electron chi connectivity index (χ3n) is 4.25. The maximum atomic E-state index is 12.7. The van der Waals surface area contributed by atoms with Crippen molar-refractivity contribution >= 4 is 21.6 Å². The first-order valence-electron chi connectivity index (χ1n) is 7.33. The lowest BCUT2D eigenvalue weighted by atomic mass is 9.77. The minimum atomic E-state index is -3.47. The van der Waals surface area contributed by atoms with E-state index in [1.54, 1.807) is 4.31 Å². The van der Waals surface area contributed by atoms with Crippen LogP contribution in [0.1, 0.15) is 40.0 Å². The molecular formula is C15H23ClN2O2S. The van der Waals surface area contributed by atoms with Crippen LogP contribution in [0.5, 0.6) is 0 Å². The Morgan fingerprint density at radius 1 is 1.29 bits per heavy atom. The maximum Gasteiger partial charge on any atom is 0.243 e. The van der Waals surface area contributed by atoms with Crippen molar-refractivity contribution in [3.63, 3.8) is 0 Å². The second-order valence-corrected chi connectivity index (χ2v) is 9.04. The number of nitrogens with zero attached hydrogens (tertiary/aromatic N) is 2. The number of aromatic nitrogens is 1. The van der Waals surface area contributed by atoms with Crippen LogP contribution in [0.15, 0.2) is 23.2 Å². The first-order valence-corrected chi connectivity index (χ1v) is 9.15. The van der Waals surface area contributed by atoms with Gasteiger partial charge in [-0.1, -0.05) is 32.4 Å². The largest absolute Gasteiger partial charge is 0.244 e. The van der Waals surface area contributed by atoms with Gasteiger partial charge in [0, 0.05) is 19.3 Å². The normalized spacial score (nSPS) is 22.0. The van der Waals surface area contributed by atoms with Gasteiger partial charge < -0.3 is 0 Å². The minimum Gasteiger partial charge on any atom is -0.244 e. The van der Waals surface area contributed by atoms with Gasteiger partial charge in [0.2, 0.25) is 10.0 Å². The van der Waals surface area contributed by atoms with E-state index in [-0.39, 0.29) is 15.5 Å². The van der Waals surface area contributed by atoms with E-state index in [0.717, 1.165) is 19.3 Å². The van der Waals surface area contributed by atoms with Crippen molar-refractivity contribution in [3.05, 3.63) is 23.5 Å². The molecule has 1 fully saturated rings. The van der Waals surface area contributed by atoms with Crippen molar-refractivity contribution < 1.29 is 8.42 Å². The first-order chi connectivity index (χ1) is 9.71. The number of halogens is 1. The lowest BCUT2D eigenvalue weighted by Crippen LogP contribution is -2.32. The predicted octanol–water partition coefficient (Wildman–Crippen LogP) is 3.57. The molecule has 21 heavy (non-hydrogen) atoms. The van der Waals surface area contributed by atoms with Crippen LogP contribution in [0.3, 0.4) is 0 Å². The average molecular weight is 331 g/mol. The van der Waals surface area contributed by atoms with Gasteiger partial charge in [0.15, 0.2) is 0 Å². The van der Waals surface area contributed by atoms with Crippen molar-refractivity contribution in [1.29, 1.82) is 0 Å². The number of sulfonamides is 1. The van der Waals surface area contributed by atoms with E-state index in [9.17, 15) is 8.42 Å². The molecule has 0 amide bonds. The molecule has 0 aliphatic carbocycles. The SMILES string of the molecule is CC(C)(C)C1CCCN(S(=O)(=O)c2ccnc(Cl)c2)CC1. The van der Waals surface area contributed by atoms with Gasteiger partial charge in [-0.3, -0.25) is 0 Å². The molecule has 1 aliphatic heterocycles. The molecule has 1 aromatic heterocycles. The molecule has 0 spiro atoms. The van der Waals surface area contributed by atoms with Crippen molar-refractivity contribution in [2.45, 2.75) is 44.9 Å². The van der Waals surface area contributed by atoms with E-state index in [4.69, 9.17) is 11.6 Å². The van der Waals surface area contributed by atoms with Gasteiger partial charge in [-0.05, 0) is 42.7 Å². The molecule has 1 saturated heterocycles. The summed E-state index contributed by atoms with van der Waals surface area (Å²) in [7, 11) is -3.47. The van der Waals surface area contributed by atoms with Crippen LogP contribution in [0, 0.1) is 11.3 Å². The van der Waals surface area contributed by atoms with Crippen molar-refractivity contribution in [2.75, 3.05) is 13.1 Å². The molecule has 2 rings (SSSR count). The zero-order valence-electron chi connectivity index (χ0n) is 12.8. The van der Waals surface area contributed by atoms with Gasteiger partial charge in [-0.25, -0.2) is 13.4 Å². The van der Waals surface area contributed by atoms with E-state index in [1.165, 1.54) is 18.3 Å². The smallest absolute Gasteiger partial charge is 0.243 e. The molecule has 0 N–H and O–H groups in total. The van der Waals surface area contributed by atoms with Crippen molar-refractivity contribution in [2.24, 2.45) is 11.3 Å². The average Bonchev–Trinajstić information content (AvgIpc) is 2.64. The van der Waals surface area contributed by atoms with Crippen LogP contribution in [-0.4, -0.2) is 30.8 Å². The quantitative estimate of drug-likeness (QED) is 0.779. The molecule has 0 bridgehead atoms. The van der Waals surface area contributed by atoms with Crippen LogP contribution in [-0.2, 0) is 10.0 Å². The molecule has 0 aromatic carbocycles. The fourth-order valence-corrected chi connectivity index (χ4v) is 4.62. The van der Waals surface area contributed by atoms with Gasteiger partial charge >= 0.3 is 0 Å². The molecule has 4 nitrogen and oxygen atoms in total. The van der Waals surface area contributed by atoms with Gasteiger partial charge in [0.05, 0.1) is 4.90 Å². The topological polar surface area (TPSA) is 50.3 Å². The van der Waals surface area contributed by atoms with Crippen LogP contribution in [0.2, 0.25) is 5.15 Å². The molecule has 1 unspecified atom stereocenters. The zero-order valence-corrected chi connectivity index (χ0v) is 14.4. The second-order valence-electron chi connectivity index (χ2n) is 6.71. The Morgan fingerprint density at radius 3 is 2.62 bits per heavy atom. The van der Waals surface area contributed by atoms with E-state index < -0.39 is 10.0 Å². The molecular weight excluding hydrogens is 308 g/mol. The lowest BCUT2D eigenvalue weighted by Gasteiger charge is -2.29. The fourth-order valence-electron chi connectivity index (χ4n) is 2.87. The zero-order chi connectivity index (χ0) is 15.7. The Balaban J connectivity index is 2.18. The summed E-state index contributed by atoms with van der Waals surface area (Å²) in [5.41, 5.74) is 0.222. The highest BCUT2D eigenvalue weighted by atomic mass is 35.5. The summed E-state index contributed by atoms with van der Waals surface area (Å²) < 4.78 is 27.0. The molecule has 6 heteroatoms. The van der Waals surface area contributed by atoms with Gasteiger partial charge in [-0.2, -0.15) is 4.31 Å². The molecule has 2 heterocycles. The third kappa shape index (κ3) is 3.96. The maximum absolute atomic E-state index is 12.7. The Kier molecular flexibility index (Phi) is 4.96. The summed E-state index contributed by atoms with van der Waals surface area (Å²) in [4.78, 5) is 4.08. The molecule has 0 saturated carbocycles. The Hall–Kier alpha value is -0.650. The van der Waals surface area contributed by atoms with Crippen molar-refractivity contribution in [3.8, 4) is 0 Å². The van der Waals surface area contributed by atoms with E-state index in [2.05, 4.69) is 25.8 Å². The first kappa shape index (κ1) is 16.7. The van der Waals surface area contributed by atoms with Crippen LogP contribution >= 0.6 is 11.6 Å². The van der Waals surface area contributed by atoms with Gasteiger partial charge in [0.1, 0.15) is 5.15 Å². The Bertz CT molecular complexity index is 596.